The van der Waals surface area contributed by atoms with Gasteiger partial charge in [-0.05, 0) is 34.9 Å². The summed E-state index contributed by atoms with van der Waals surface area (Å²) in [7, 11) is 0. The van der Waals surface area contributed by atoms with Crippen LogP contribution in [0.3, 0.4) is 0 Å². The van der Waals surface area contributed by atoms with Crippen molar-refractivity contribution in [3.05, 3.63) is 102 Å². The molecule has 3 nitrogen and oxygen atoms in total. The minimum Gasteiger partial charge on any atom is -0.493 e. The summed E-state index contributed by atoms with van der Waals surface area (Å²) >= 11 is 0. The van der Waals surface area contributed by atoms with Gasteiger partial charge in [0.2, 0.25) is 0 Å². The zero-order valence-electron chi connectivity index (χ0n) is 15.1. The van der Waals surface area contributed by atoms with Crippen molar-refractivity contribution in [2.75, 3.05) is 6.61 Å². The first-order chi connectivity index (χ1) is 13.4. The van der Waals surface area contributed by atoms with Crippen molar-refractivity contribution in [2.24, 2.45) is 0 Å². The highest BCUT2D eigenvalue weighted by atomic mass is 16.5. The number of hydrogen-bond acceptors (Lipinski definition) is 3. The lowest BCUT2D eigenvalue weighted by Gasteiger charge is -1.93. The number of furan rings is 1. The second-order valence-electron chi connectivity index (χ2n) is 6.43. The van der Waals surface area contributed by atoms with Crippen LogP contribution >= 0.6 is 0 Å². The van der Waals surface area contributed by atoms with Gasteiger partial charge in [-0.15, -0.1) is 0 Å². The van der Waals surface area contributed by atoms with E-state index in [1.165, 1.54) is 16.7 Å². The second kappa shape index (κ2) is 8.56. The van der Waals surface area contributed by atoms with Gasteiger partial charge in [-0.3, -0.25) is 0 Å². The van der Waals surface area contributed by atoms with Crippen molar-refractivity contribution < 1.29 is 13.9 Å². The van der Waals surface area contributed by atoms with Gasteiger partial charge in [0.15, 0.2) is 0 Å². The summed E-state index contributed by atoms with van der Waals surface area (Å²) in [5.41, 5.74) is 4.99. The first kappa shape index (κ1) is 17.4. The van der Waals surface area contributed by atoms with Crippen LogP contribution in [0, 0.1) is 0 Å². The molecule has 0 amide bonds. The fraction of sp³-hybridized carbons (Fsp3) is 0.167. The van der Waals surface area contributed by atoms with Gasteiger partial charge in [0.05, 0.1) is 26.1 Å². The maximum Gasteiger partial charge on any atom is 0.133 e. The monoisotopic (exact) mass is 358 g/mol. The third kappa shape index (κ3) is 4.39. The van der Waals surface area contributed by atoms with Crippen molar-refractivity contribution in [3.63, 3.8) is 0 Å². The van der Waals surface area contributed by atoms with E-state index in [2.05, 4.69) is 18.2 Å². The molecular formula is C24H22O3. The molecule has 3 heterocycles. The van der Waals surface area contributed by atoms with Gasteiger partial charge in [0.25, 0.3) is 0 Å². The van der Waals surface area contributed by atoms with Crippen molar-refractivity contribution in [1.29, 1.82) is 0 Å². The molecule has 0 fully saturated rings. The summed E-state index contributed by atoms with van der Waals surface area (Å²) in [6, 6.07) is 26.4. The molecule has 27 heavy (non-hydrogen) atoms. The summed E-state index contributed by atoms with van der Waals surface area (Å²) in [4.78, 5) is 0. The average molecular weight is 358 g/mol. The van der Waals surface area contributed by atoms with E-state index in [0.717, 1.165) is 43.0 Å². The Morgan fingerprint density at radius 2 is 1.30 bits per heavy atom. The van der Waals surface area contributed by atoms with Crippen LogP contribution in [0.15, 0.2) is 89.5 Å². The Morgan fingerprint density at radius 1 is 0.630 bits per heavy atom. The van der Waals surface area contributed by atoms with Crippen LogP contribution in [0.5, 0.6) is 5.75 Å². The molecule has 0 aliphatic carbocycles. The zero-order valence-corrected chi connectivity index (χ0v) is 15.1. The van der Waals surface area contributed by atoms with E-state index in [0.29, 0.717) is 0 Å². The molecule has 6 rings (SSSR count). The molecule has 4 aromatic rings. The van der Waals surface area contributed by atoms with E-state index in [1.54, 1.807) is 6.26 Å². The molecule has 0 spiro atoms. The number of para-hydroxylation sites is 2. The summed E-state index contributed by atoms with van der Waals surface area (Å²) < 4.78 is 15.6. The molecule has 0 atom stereocenters. The first-order valence-corrected chi connectivity index (χ1v) is 9.17. The van der Waals surface area contributed by atoms with E-state index in [4.69, 9.17) is 13.9 Å². The van der Waals surface area contributed by atoms with Crippen molar-refractivity contribution in [3.8, 4) is 5.75 Å². The van der Waals surface area contributed by atoms with Gasteiger partial charge in [0, 0.05) is 11.8 Å². The number of benzene rings is 3. The van der Waals surface area contributed by atoms with Crippen LogP contribution in [0.1, 0.15) is 16.7 Å². The molecule has 2 aliphatic heterocycles. The summed E-state index contributed by atoms with van der Waals surface area (Å²) in [5, 5.41) is 1.16. The number of rotatable bonds is 0. The molecule has 3 heteroatoms. The summed E-state index contributed by atoms with van der Waals surface area (Å²) in [6.45, 7) is 2.46. The predicted molar refractivity (Wildman–Crippen MR) is 107 cm³/mol. The van der Waals surface area contributed by atoms with E-state index in [9.17, 15) is 0 Å². The van der Waals surface area contributed by atoms with Crippen LogP contribution in [0.2, 0.25) is 0 Å². The molecule has 0 bridgehead atoms. The van der Waals surface area contributed by atoms with Crippen molar-refractivity contribution in [1.82, 2.24) is 0 Å². The Labute approximate surface area is 159 Å². The van der Waals surface area contributed by atoms with Crippen LogP contribution in [0.25, 0.3) is 11.0 Å². The lowest BCUT2D eigenvalue weighted by molar-refractivity contribution is 0.134. The second-order valence-corrected chi connectivity index (χ2v) is 6.43. The van der Waals surface area contributed by atoms with Gasteiger partial charge in [-0.1, -0.05) is 60.7 Å². The first-order valence-electron chi connectivity index (χ1n) is 9.17. The topological polar surface area (TPSA) is 31.6 Å². The minimum atomic E-state index is 0.802. The van der Waals surface area contributed by atoms with Gasteiger partial charge >= 0.3 is 0 Å². The third-order valence-corrected chi connectivity index (χ3v) is 4.60. The Kier molecular flexibility index (Phi) is 5.51. The highest BCUT2D eigenvalue weighted by Gasteiger charge is 2.08. The minimum absolute atomic E-state index is 0.802. The van der Waals surface area contributed by atoms with E-state index < -0.39 is 0 Å². The average Bonchev–Trinajstić information content (AvgIpc) is 3.48. The Hall–Kier alpha value is -3.04. The lowest BCUT2D eigenvalue weighted by Crippen LogP contribution is -1.85. The smallest absolute Gasteiger partial charge is 0.133 e. The van der Waals surface area contributed by atoms with Crippen molar-refractivity contribution in [2.45, 2.75) is 19.6 Å². The Balaban J connectivity index is 0.0000001000. The molecule has 0 unspecified atom stereocenters. The molecule has 0 radical (unpaired) electrons. The molecule has 2 aliphatic rings. The molecule has 136 valence electrons. The molecule has 1 aromatic heterocycles. The molecule has 3 aromatic carbocycles. The Bertz CT molecular complexity index is 877. The molecule has 0 saturated heterocycles. The third-order valence-electron chi connectivity index (χ3n) is 4.60. The quantitative estimate of drug-likeness (QED) is 0.400. The Morgan fingerprint density at radius 3 is 2.04 bits per heavy atom. The normalized spacial score (nSPS) is 13.5. The van der Waals surface area contributed by atoms with Gasteiger partial charge in [-0.2, -0.15) is 0 Å². The number of fused-ring (bicyclic) bond motifs is 3. The molecular weight excluding hydrogens is 336 g/mol. The summed E-state index contributed by atoms with van der Waals surface area (Å²) in [5.74, 6) is 1.07. The van der Waals surface area contributed by atoms with E-state index in [-0.39, 0.29) is 0 Å². The fourth-order valence-corrected chi connectivity index (χ4v) is 3.14. The van der Waals surface area contributed by atoms with Gasteiger partial charge in [-0.25, -0.2) is 0 Å². The van der Waals surface area contributed by atoms with Crippen LogP contribution in [0.4, 0.5) is 0 Å². The van der Waals surface area contributed by atoms with Gasteiger partial charge in [0.1, 0.15) is 11.3 Å². The number of ether oxygens (including phenoxy) is 2. The highest BCUT2D eigenvalue weighted by Crippen LogP contribution is 2.23. The van der Waals surface area contributed by atoms with E-state index >= 15 is 0 Å². The fourth-order valence-electron chi connectivity index (χ4n) is 3.14. The van der Waals surface area contributed by atoms with Gasteiger partial charge < -0.3 is 13.9 Å². The largest absolute Gasteiger partial charge is 0.493 e. The number of hydrogen-bond donors (Lipinski definition) is 0. The van der Waals surface area contributed by atoms with Crippen LogP contribution in [-0.2, 0) is 24.4 Å². The zero-order chi connectivity index (χ0) is 18.3. The maximum absolute atomic E-state index is 5.30. The standard InChI is InChI=1S/2C8H8O.C8H6O/c1-2-4-8-6-9-5-7(8)3-1;2*1-2-4-8-7(3-1)5-6-9-8/h2*1-4H,5-6H2;1-6H. The summed E-state index contributed by atoms with van der Waals surface area (Å²) in [6.07, 6.45) is 2.78. The van der Waals surface area contributed by atoms with Crippen molar-refractivity contribution >= 4 is 11.0 Å². The van der Waals surface area contributed by atoms with E-state index in [1.807, 2.05) is 60.7 Å². The lowest BCUT2D eigenvalue weighted by atomic mass is 10.1. The maximum atomic E-state index is 5.30. The SMILES string of the molecule is c1ccc2c(c1)CCO2.c1ccc2c(c1)COC2.c1ccc2occc2c1. The highest BCUT2D eigenvalue weighted by molar-refractivity contribution is 5.76. The predicted octanol–water partition coefficient (Wildman–Crippen LogP) is 5.77. The molecule has 0 saturated carbocycles. The molecule has 0 N–H and O–H groups in total. The van der Waals surface area contributed by atoms with Crippen LogP contribution in [-0.4, -0.2) is 6.61 Å². The van der Waals surface area contributed by atoms with Crippen LogP contribution < -0.4 is 4.74 Å².